The maximum Gasteiger partial charge on any atom is 0.255 e. The fourth-order valence-electron chi connectivity index (χ4n) is 4.01. The highest BCUT2D eigenvalue weighted by Crippen LogP contribution is 2.23. The van der Waals surface area contributed by atoms with Gasteiger partial charge in [0.2, 0.25) is 11.7 Å². The molecule has 3 aromatic rings. The van der Waals surface area contributed by atoms with E-state index >= 15 is 0 Å². The monoisotopic (exact) mass is 448 g/mol. The molecule has 2 N–H and O–H groups in total. The largest absolute Gasteiger partial charge is 0.497 e. The van der Waals surface area contributed by atoms with Gasteiger partial charge in [0.25, 0.3) is 5.91 Å². The van der Waals surface area contributed by atoms with Gasteiger partial charge in [-0.15, -0.1) is 10.2 Å². The van der Waals surface area contributed by atoms with Crippen molar-refractivity contribution in [3.8, 4) is 17.1 Å². The number of carbonyl (C=O) groups is 2. The number of aromatic nitrogens is 4. The maximum atomic E-state index is 12.5. The number of carbonyl (C=O) groups excluding carboxylic acids is 2. The van der Waals surface area contributed by atoms with Gasteiger partial charge < -0.3 is 15.4 Å². The number of anilines is 1. The van der Waals surface area contributed by atoms with Gasteiger partial charge in [-0.1, -0.05) is 25.8 Å². The van der Waals surface area contributed by atoms with Gasteiger partial charge in [0.15, 0.2) is 0 Å². The molecule has 1 saturated carbocycles. The Morgan fingerprint density at radius 2 is 1.91 bits per heavy atom. The van der Waals surface area contributed by atoms with Crippen LogP contribution in [-0.2, 0) is 11.3 Å². The summed E-state index contributed by atoms with van der Waals surface area (Å²) in [5.41, 5.74) is 1.88. The number of hydrogen-bond donors (Lipinski definition) is 2. The summed E-state index contributed by atoms with van der Waals surface area (Å²) in [5, 5.41) is 18.3. The third-order valence-corrected chi connectivity index (χ3v) is 5.93. The third kappa shape index (κ3) is 5.74. The van der Waals surface area contributed by atoms with Crippen LogP contribution in [0.15, 0.2) is 48.5 Å². The molecule has 1 heterocycles. The van der Waals surface area contributed by atoms with E-state index in [4.69, 9.17) is 4.74 Å². The van der Waals surface area contributed by atoms with Gasteiger partial charge in [-0.05, 0) is 66.4 Å². The lowest BCUT2D eigenvalue weighted by Crippen LogP contribution is -2.42. The number of rotatable bonds is 7. The van der Waals surface area contributed by atoms with E-state index in [1.165, 1.54) is 11.2 Å². The average Bonchev–Trinajstić information content (AvgIpc) is 3.29. The van der Waals surface area contributed by atoms with E-state index in [1.807, 2.05) is 0 Å². The molecule has 1 aromatic heterocycles. The van der Waals surface area contributed by atoms with Gasteiger partial charge in [0.1, 0.15) is 12.3 Å². The Morgan fingerprint density at radius 3 is 2.67 bits per heavy atom. The summed E-state index contributed by atoms with van der Waals surface area (Å²) in [7, 11) is 1.56. The highest BCUT2D eigenvalue weighted by molar-refractivity contribution is 6.04. The van der Waals surface area contributed by atoms with Crippen LogP contribution in [0.4, 0.5) is 5.69 Å². The molecule has 0 bridgehead atoms. The standard InChI is InChI=1S/C24H28N6O3/c1-16-6-3-4-9-21(16)26-22(31)15-30-28-23(27-29-30)17-10-12-19(13-11-17)25-24(32)18-7-5-8-20(14-18)33-2/h5,7-8,10-14,16,21H,3-4,6,9,15H2,1-2H3,(H,25,32)(H,26,31)/t16-,21+/m0/s1. The molecule has 1 aliphatic rings. The molecule has 0 aliphatic heterocycles. The zero-order valence-electron chi connectivity index (χ0n) is 18.8. The summed E-state index contributed by atoms with van der Waals surface area (Å²) in [6.07, 6.45) is 4.54. The van der Waals surface area contributed by atoms with Crippen LogP contribution >= 0.6 is 0 Å². The zero-order chi connectivity index (χ0) is 23.2. The number of nitrogens with zero attached hydrogens (tertiary/aromatic N) is 4. The first-order chi connectivity index (χ1) is 16.0. The van der Waals surface area contributed by atoms with Crippen LogP contribution < -0.4 is 15.4 Å². The molecule has 2 atom stereocenters. The first-order valence-electron chi connectivity index (χ1n) is 11.1. The Hall–Kier alpha value is -3.75. The number of tetrazole rings is 1. The van der Waals surface area contributed by atoms with Crippen LogP contribution in [0, 0.1) is 5.92 Å². The molecule has 33 heavy (non-hydrogen) atoms. The Morgan fingerprint density at radius 1 is 1.12 bits per heavy atom. The minimum atomic E-state index is -0.232. The van der Waals surface area contributed by atoms with Crippen molar-refractivity contribution in [2.45, 2.75) is 45.2 Å². The molecule has 9 heteroatoms. The summed E-state index contributed by atoms with van der Waals surface area (Å²) in [4.78, 5) is 26.2. The molecular weight excluding hydrogens is 420 g/mol. The van der Waals surface area contributed by atoms with E-state index in [-0.39, 0.29) is 24.4 Å². The Labute approximate surface area is 192 Å². The minimum Gasteiger partial charge on any atom is -0.497 e. The number of benzene rings is 2. The molecule has 0 unspecified atom stereocenters. The summed E-state index contributed by atoms with van der Waals surface area (Å²) >= 11 is 0. The van der Waals surface area contributed by atoms with Gasteiger partial charge in [-0.25, -0.2) is 0 Å². The lowest BCUT2D eigenvalue weighted by atomic mass is 9.86. The fourth-order valence-corrected chi connectivity index (χ4v) is 4.01. The van der Waals surface area contributed by atoms with Crippen LogP contribution in [0.2, 0.25) is 0 Å². The smallest absolute Gasteiger partial charge is 0.255 e. The number of ether oxygens (including phenoxy) is 1. The molecule has 2 aromatic carbocycles. The van der Waals surface area contributed by atoms with Crippen molar-refractivity contribution >= 4 is 17.5 Å². The highest BCUT2D eigenvalue weighted by Gasteiger charge is 2.23. The van der Waals surface area contributed by atoms with Crippen LogP contribution in [0.5, 0.6) is 5.75 Å². The van der Waals surface area contributed by atoms with Crippen LogP contribution in [0.25, 0.3) is 11.4 Å². The summed E-state index contributed by atoms with van der Waals surface area (Å²) in [6, 6.07) is 14.3. The predicted molar refractivity (Wildman–Crippen MR) is 124 cm³/mol. The van der Waals surface area contributed by atoms with E-state index in [0.717, 1.165) is 24.8 Å². The predicted octanol–water partition coefficient (Wildman–Crippen LogP) is 3.30. The molecule has 0 spiro atoms. The Bertz CT molecular complexity index is 1110. The van der Waals surface area contributed by atoms with Crippen molar-refractivity contribution in [3.05, 3.63) is 54.1 Å². The summed E-state index contributed by atoms with van der Waals surface area (Å²) < 4.78 is 5.16. The first kappa shape index (κ1) is 22.4. The van der Waals surface area contributed by atoms with Crippen molar-refractivity contribution in [3.63, 3.8) is 0 Å². The molecule has 0 saturated heterocycles. The van der Waals surface area contributed by atoms with E-state index in [1.54, 1.807) is 55.6 Å². The van der Waals surface area contributed by atoms with E-state index in [9.17, 15) is 9.59 Å². The Balaban J connectivity index is 1.34. The fraction of sp³-hybridized carbons (Fsp3) is 0.375. The topological polar surface area (TPSA) is 111 Å². The highest BCUT2D eigenvalue weighted by atomic mass is 16.5. The normalized spacial score (nSPS) is 17.9. The van der Waals surface area contributed by atoms with E-state index in [2.05, 4.69) is 33.0 Å². The average molecular weight is 449 g/mol. The second-order valence-corrected chi connectivity index (χ2v) is 8.34. The maximum absolute atomic E-state index is 12.5. The second-order valence-electron chi connectivity index (χ2n) is 8.34. The second kappa shape index (κ2) is 10.2. The molecule has 172 valence electrons. The lowest BCUT2D eigenvalue weighted by Gasteiger charge is -2.29. The van der Waals surface area contributed by atoms with Crippen molar-refractivity contribution in [1.82, 2.24) is 25.5 Å². The molecule has 2 amide bonds. The molecule has 9 nitrogen and oxygen atoms in total. The zero-order valence-corrected chi connectivity index (χ0v) is 18.8. The van der Waals surface area contributed by atoms with Crippen molar-refractivity contribution in [2.75, 3.05) is 12.4 Å². The van der Waals surface area contributed by atoms with E-state index < -0.39 is 0 Å². The van der Waals surface area contributed by atoms with Crippen molar-refractivity contribution < 1.29 is 14.3 Å². The molecule has 0 radical (unpaired) electrons. The quantitative estimate of drug-likeness (QED) is 0.574. The van der Waals surface area contributed by atoms with Gasteiger partial charge in [0.05, 0.1) is 7.11 Å². The first-order valence-corrected chi connectivity index (χ1v) is 11.1. The van der Waals surface area contributed by atoms with Gasteiger partial charge in [-0.3, -0.25) is 9.59 Å². The molecular formula is C24H28N6O3. The number of nitrogens with one attached hydrogen (secondary N) is 2. The SMILES string of the molecule is COc1cccc(C(=O)Nc2ccc(-c3nnn(CC(=O)N[C@@H]4CCCC[C@@H]4C)n3)cc2)c1. The number of amides is 2. The molecule has 1 aliphatic carbocycles. The summed E-state index contributed by atoms with van der Waals surface area (Å²) in [6.45, 7) is 2.21. The molecule has 4 rings (SSSR count). The summed E-state index contributed by atoms with van der Waals surface area (Å²) in [5.74, 6) is 1.19. The Kier molecular flexibility index (Phi) is 6.97. The van der Waals surface area contributed by atoms with Crippen LogP contribution in [-0.4, -0.2) is 45.2 Å². The van der Waals surface area contributed by atoms with Crippen molar-refractivity contribution in [2.24, 2.45) is 5.92 Å². The van der Waals surface area contributed by atoms with E-state index in [0.29, 0.717) is 28.7 Å². The minimum absolute atomic E-state index is 0.0326. The van der Waals surface area contributed by atoms with Crippen LogP contribution in [0.1, 0.15) is 43.0 Å². The lowest BCUT2D eigenvalue weighted by molar-refractivity contribution is -0.123. The third-order valence-electron chi connectivity index (χ3n) is 5.93. The number of methoxy groups -OCH3 is 1. The van der Waals surface area contributed by atoms with Gasteiger partial charge in [-0.2, -0.15) is 4.80 Å². The number of hydrogen-bond acceptors (Lipinski definition) is 6. The molecule has 1 fully saturated rings. The van der Waals surface area contributed by atoms with Gasteiger partial charge >= 0.3 is 0 Å². The van der Waals surface area contributed by atoms with Gasteiger partial charge in [0, 0.05) is 22.9 Å². The van der Waals surface area contributed by atoms with Crippen LogP contribution in [0.3, 0.4) is 0 Å². The van der Waals surface area contributed by atoms with Crippen molar-refractivity contribution in [1.29, 1.82) is 0 Å².